The lowest BCUT2D eigenvalue weighted by Crippen LogP contribution is -2.53. The number of benzene rings is 1. The Morgan fingerprint density at radius 2 is 1.79 bits per heavy atom. The minimum Gasteiger partial charge on any atom is -0.384 e. The van der Waals surface area contributed by atoms with Crippen molar-refractivity contribution in [2.45, 2.75) is 23.6 Å². The molecule has 0 spiro atoms. The summed E-state index contributed by atoms with van der Waals surface area (Å²) in [5.41, 5.74) is -4.39. The molecule has 8 heteroatoms. The van der Waals surface area contributed by atoms with Crippen LogP contribution in [0.2, 0.25) is 0 Å². The second-order valence-electron chi connectivity index (χ2n) is 4.25. The fourth-order valence-electron chi connectivity index (χ4n) is 2.02. The second kappa shape index (κ2) is 4.21. The number of aliphatic hydroxyl groups is 1. The Morgan fingerprint density at radius 3 is 2.32 bits per heavy atom. The quantitative estimate of drug-likeness (QED) is 0.649. The fraction of sp³-hybridized carbons (Fsp3) is 0.455. The predicted molar refractivity (Wildman–Crippen MR) is 59.4 cm³/mol. The number of fused-ring (bicyclic) bond motifs is 1. The molecule has 2 nitrogen and oxygen atoms in total. The summed E-state index contributed by atoms with van der Waals surface area (Å²) in [4.78, 5) is 0. The molecule has 1 unspecified atom stereocenters. The number of nitrogens with one attached hydrogen (secondary N) is 1. The molecule has 0 fully saturated rings. The topological polar surface area (TPSA) is 32.3 Å². The minimum absolute atomic E-state index is 0.394. The van der Waals surface area contributed by atoms with Crippen LogP contribution in [0, 0.1) is 0 Å². The van der Waals surface area contributed by atoms with Gasteiger partial charge in [0.25, 0.3) is 5.60 Å². The van der Waals surface area contributed by atoms with E-state index < -0.39 is 22.7 Å². The van der Waals surface area contributed by atoms with E-state index in [4.69, 9.17) is 0 Å². The Bertz CT molecular complexity index is 483. The molecule has 1 aromatic carbocycles. The molecule has 2 N–H and O–H groups in total. The zero-order valence-corrected chi connectivity index (χ0v) is 10.1. The zero-order chi connectivity index (χ0) is 14.5. The van der Waals surface area contributed by atoms with Gasteiger partial charge in [-0.05, 0) is 29.7 Å². The van der Waals surface area contributed by atoms with Gasteiger partial charge in [0.05, 0.1) is 0 Å². The molecule has 1 aliphatic heterocycles. The van der Waals surface area contributed by atoms with Crippen molar-refractivity contribution in [3.63, 3.8) is 0 Å². The maximum atomic E-state index is 13.1. The fourth-order valence-corrected chi connectivity index (χ4v) is 2.23. The number of anilines is 1. The van der Waals surface area contributed by atoms with Gasteiger partial charge in [-0.25, -0.2) is 0 Å². The number of hydrogen-bond acceptors (Lipinski definition) is 2. The molecule has 0 aliphatic carbocycles. The van der Waals surface area contributed by atoms with Crippen LogP contribution in [0.4, 0.5) is 27.6 Å². The van der Waals surface area contributed by atoms with Crippen molar-refractivity contribution >= 4 is 17.3 Å². The normalized spacial score (nSPS) is 18.7. The SMILES string of the molecule is OC(c1ccc2c(c1)CCN2)(C(F)(F)F)C(F)(F)Cl. The van der Waals surface area contributed by atoms with Gasteiger partial charge in [-0.1, -0.05) is 12.1 Å². The standard InChI is InChI=1S/C11H9ClF5NO/c12-10(13,14)9(19,11(15,16)17)7-1-2-8-6(5-7)3-4-18-8/h1-2,5,18-19H,3-4H2. The molecule has 1 aliphatic rings. The Hall–Kier alpha value is -1.08. The van der Waals surface area contributed by atoms with Crippen LogP contribution in [0.25, 0.3) is 0 Å². The van der Waals surface area contributed by atoms with E-state index in [2.05, 4.69) is 16.9 Å². The highest BCUT2D eigenvalue weighted by molar-refractivity contribution is 6.22. The van der Waals surface area contributed by atoms with Crippen LogP contribution in [0.1, 0.15) is 11.1 Å². The van der Waals surface area contributed by atoms with Crippen LogP contribution in [-0.2, 0) is 12.0 Å². The number of alkyl halides is 6. The minimum atomic E-state index is -5.60. The molecule has 0 saturated carbocycles. The van der Waals surface area contributed by atoms with E-state index in [0.29, 0.717) is 24.2 Å². The number of halogens is 6. The summed E-state index contributed by atoms with van der Waals surface area (Å²) < 4.78 is 64.6. The van der Waals surface area contributed by atoms with Gasteiger partial charge in [-0.3, -0.25) is 0 Å². The Kier molecular flexibility index (Phi) is 3.17. The van der Waals surface area contributed by atoms with Gasteiger partial charge in [0, 0.05) is 17.8 Å². The van der Waals surface area contributed by atoms with Crippen LogP contribution < -0.4 is 5.32 Å². The summed E-state index contributed by atoms with van der Waals surface area (Å²) in [6.45, 7) is 0.500. The average Bonchev–Trinajstić information content (AvgIpc) is 2.71. The molecule has 0 amide bonds. The summed E-state index contributed by atoms with van der Waals surface area (Å²) in [6, 6.07) is 2.91. The van der Waals surface area contributed by atoms with Crippen molar-refractivity contribution in [2.75, 3.05) is 11.9 Å². The van der Waals surface area contributed by atoms with Crippen LogP contribution in [0.5, 0.6) is 0 Å². The molecule has 0 radical (unpaired) electrons. The van der Waals surface area contributed by atoms with Gasteiger partial charge in [-0.2, -0.15) is 22.0 Å². The monoisotopic (exact) mass is 301 g/mol. The summed E-state index contributed by atoms with van der Waals surface area (Å²) in [5.74, 6) is 0. The number of hydrogen-bond donors (Lipinski definition) is 2. The van der Waals surface area contributed by atoms with E-state index in [-0.39, 0.29) is 0 Å². The Labute approximate surface area is 110 Å². The molecular formula is C11H9ClF5NO. The van der Waals surface area contributed by atoms with Crippen molar-refractivity contribution in [1.29, 1.82) is 0 Å². The second-order valence-corrected chi connectivity index (χ2v) is 4.73. The first kappa shape index (κ1) is 14.3. The average molecular weight is 302 g/mol. The Morgan fingerprint density at radius 1 is 1.16 bits per heavy atom. The molecule has 106 valence electrons. The van der Waals surface area contributed by atoms with Gasteiger partial charge in [0.15, 0.2) is 0 Å². The first-order valence-corrected chi connectivity index (χ1v) is 5.68. The van der Waals surface area contributed by atoms with Crippen molar-refractivity contribution in [2.24, 2.45) is 0 Å². The van der Waals surface area contributed by atoms with Gasteiger partial charge in [-0.15, -0.1) is 0 Å². The van der Waals surface area contributed by atoms with Crippen molar-refractivity contribution in [3.05, 3.63) is 29.3 Å². The summed E-state index contributed by atoms with van der Waals surface area (Å²) >= 11 is 4.49. The largest absolute Gasteiger partial charge is 0.428 e. The molecule has 19 heavy (non-hydrogen) atoms. The highest BCUT2D eigenvalue weighted by atomic mass is 35.5. The van der Waals surface area contributed by atoms with Gasteiger partial charge < -0.3 is 10.4 Å². The first-order valence-electron chi connectivity index (χ1n) is 5.30. The van der Waals surface area contributed by atoms with Gasteiger partial charge >= 0.3 is 11.6 Å². The Balaban J connectivity index is 2.57. The third kappa shape index (κ3) is 2.14. The smallest absolute Gasteiger partial charge is 0.384 e. The van der Waals surface area contributed by atoms with Crippen molar-refractivity contribution < 1.29 is 27.1 Å². The van der Waals surface area contributed by atoms with E-state index in [0.717, 1.165) is 12.1 Å². The number of rotatable bonds is 2. The van der Waals surface area contributed by atoms with Gasteiger partial charge in [0.1, 0.15) is 0 Å². The summed E-state index contributed by atoms with van der Waals surface area (Å²) in [6.07, 6.45) is -5.20. The molecule has 1 heterocycles. The molecule has 1 aromatic rings. The first-order chi connectivity index (χ1) is 8.57. The summed E-state index contributed by atoms with van der Waals surface area (Å²) in [5, 5.41) is 7.46. The lowest BCUT2D eigenvalue weighted by molar-refractivity contribution is -0.317. The summed E-state index contributed by atoms with van der Waals surface area (Å²) in [7, 11) is 0. The van der Waals surface area contributed by atoms with Crippen LogP contribution in [0.15, 0.2) is 18.2 Å². The lowest BCUT2D eigenvalue weighted by atomic mass is 9.91. The molecular weight excluding hydrogens is 293 g/mol. The van der Waals surface area contributed by atoms with E-state index >= 15 is 0 Å². The zero-order valence-electron chi connectivity index (χ0n) is 9.36. The predicted octanol–water partition coefficient (Wildman–Crippen LogP) is 3.24. The molecule has 0 aromatic heterocycles. The van der Waals surface area contributed by atoms with E-state index in [1.54, 1.807) is 0 Å². The molecule has 1 atom stereocenters. The highest BCUT2D eigenvalue weighted by Gasteiger charge is 2.69. The lowest BCUT2D eigenvalue weighted by Gasteiger charge is -2.34. The maximum Gasteiger partial charge on any atom is 0.428 e. The van der Waals surface area contributed by atoms with Crippen LogP contribution >= 0.6 is 11.6 Å². The molecule has 0 bridgehead atoms. The van der Waals surface area contributed by atoms with Gasteiger partial charge in [0.2, 0.25) is 0 Å². The third-order valence-corrected chi connectivity index (χ3v) is 3.33. The molecule has 0 saturated heterocycles. The highest BCUT2D eigenvalue weighted by Crippen LogP contribution is 2.51. The van der Waals surface area contributed by atoms with Crippen molar-refractivity contribution in [3.8, 4) is 0 Å². The molecule has 2 rings (SSSR count). The third-order valence-electron chi connectivity index (χ3n) is 3.05. The van der Waals surface area contributed by atoms with E-state index in [1.165, 1.54) is 6.07 Å². The van der Waals surface area contributed by atoms with Crippen molar-refractivity contribution in [1.82, 2.24) is 0 Å². The van der Waals surface area contributed by atoms with Crippen LogP contribution in [-0.4, -0.2) is 23.2 Å². The maximum absolute atomic E-state index is 13.1. The van der Waals surface area contributed by atoms with Crippen LogP contribution in [0.3, 0.4) is 0 Å². The van der Waals surface area contributed by atoms with E-state index in [9.17, 15) is 27.1 Å². The van der Waals surface area contributed by atoms with E-state index in [1.807, 2.05) is 0 Å².